The van der Waals surface area contributed by atoms with Crippen LogP contribution in [0.1, 0.15) is 11.1 Å². The number of halogens is 2. The van der Waals surface area contributed by atoms with E-state index in [2.05, 4.69) is 0 Å². The number of hydrogen-bond donors (Lipinski definition) is 0. The van der Waals surface area contributed by atoms with Crippen LogP contribution < -0.4 is 0 Å². The highest BCUT2D eigenvalue weighted by molar-refractivity contribution is 8.14. The summed E-state index contributed by atoms with van der Waals surface area (Å²) >= 11 is 0. The van der Waals surface area contributed by atoms with E-state index in [9.17, 15) is 16.8 Å². The van der Waals surface area contributed by atoms with E-state index < -0.39 is 18.1 Å². The Bertz CT molecular complexity index is 855. The molecule has 2 rings (SSSR count). The van der Waals surface area contributed by atoms with E-state index in [-0.39, 0.29) is 9.79 Å². The van der Waals surface area contributed by atoms with Crippen LogP contribution in [0.15, 0.2) is 58.3 Å². The fraction of sp³-hybridized carbons (Fsp3) is 0. The molecule has 0 radical (unpaired) electrons. The van der Waals surface area contributed by atoms with Gasteiger partial charge < -0.3 is 0 Å². The molecule has 0 aromatic heterocycles. The molecular weight excluding hydrogens is 367 g/mol. The molecule has 2 aromatic carbocycles. The number of hydrogen-bond acceptors (Lipinski definition) is 4. The molecule has 0 amide bonds. The summed E-state index contributed by atoms with van der Waals surface area (Å²) in [6.07, 6.45) is 2.94. The fourth-order valence-corrected chi connectivity index (χ4v) is 4.02. The van der Waals surface area contributed by atoms with Gasteiger partial charge in [0.25, 0.3) is 18.1 Å². The summed E-state index contributed by atoms with van der Waals surface area (Å²) in [5.74, 6) is 0. The molecule has 0 saturated heterocycles. The summed E-state index contributed by atoms with van der Waals surface area (Å²) in [5.41, 5.74) is 0.693. The molecule has 8 heteroatoms. The standard InChI is InChI=1S/C14H10Cl2O4S2/c15-21(17,18)13-7-3-1-5-11(13)9-10-12-6-2-4-8-14(12)22(16,19)20/h1-10H. The van der Waals surface area contributed by atoms with Gasteiger partial charge in [0.05, 0.1) is 9.79 Å². The summed E-state index contributed by atoms with van der Waals surface area (Å²) in [5, 5.41) is 0. The first-order chi connectivity index (χ1) is 10.2. The second kappa shape index (κ2) is 6.42. The van der Waals surface area contributed by atoms with Crippen molar-refractivity contribution in [2.75, 3.05) is 0 Å². The zero-order valence-electron chi connectivity index (χ0n) is 11.0. The van der Waals surface area contributed by atoms with Crippen LogP contribution in [0.3, 0.4) is 0 Å². The van der Waals surface area contributed by atoms with Crippen molar-refractivity contribution >= 4 is 51.6 Å². The van der Waals surface area contributed by atoms with Gasteiger partial charge in [0.15, 0.2) is 0 Å². The molecule has 0 N–H and O–H groups in total. The molecule has 0 fully saturated rings. The third kappa shape index (κ3) is 4.10. The monoisotopic (exact) mass is 376 g/mol. The van der Waals surface area contributed by atoms with E-state index in [1.54, 1.807) is 36.4 Å². The van der Waals surface area contributed by atoms with Gasteiger partial charge in [-0.15, -0.1) is 0 Å². The minimum atomic E-state index is -3.90. The zero-order chi connectivity index (χ0) is 16.4. The van der Waals surface area contributed by atoms with Crippen LogP contribution >= 0.6 is 21.4 Å². The lowest BCUT2D eigenvalue weighted by atomic mass is 10.1. The van der Waals surface area contributed by atoms with E-state index in [4.69, 9.17) is 21.4 Å². The van der Waals surface area contributed by atoms with Crippen molar-refractivity contribution in [3.05, 3.63) is 59.7 Å². The van der Waals surface area contributed by atoms with Crippen molar-refractivity contribution in [2.45, 2.75) is 9.79 Å². The van der Waals surface area contributed by atoms with Crippen LogP contribution in [0.2, 0.25) is 0 Å². The summed E-state index contributed by atoms with van der Waals surface area (Å²) in [4.78, 5) is -0.113. The molecule has 0 unspecified atom stereocenters. The van der Waals surface area contributed by atoms with Crippen LogP contribution in [0.25, 0.3) is 12.2 Å². The Labute approximate surface area is 137 Å². The van der Waals surface area contributed by atoms with Gasteiger partial charge in [-0.1, -0.05) is 48.6 Å². The normalized spacial score (nSPS) is 12.6. The number of rotatable bonds is 4. The predicted molar refractivity (Wildman–Crippen MR) is 87.9 cm³/mol. The highest BCUT2D eigenvalue weighted by atomic mass is 35.7. The van der Waals surface area contributed by atoms with Crippen LogP contribution in [-0.4, -0.2) is 16.8 Å². The molecule has 0 atom stereocenters. The quantitative estimate of drug-likeness (QED) is 0.602. The van der Waals surface area contributed by atoms with E-state index in [0.29, 0.717) is 11.1 Å². The molecule has 0 spiro atoms. The van der Waals surface area contributed by atoms with E-state index in [0.717, 1.165) is 0 Å². The molecule has 2 aromatic rings. The largest absolute Gasteiger partial charge is 0.261 e. The first-order valence-electron chi connectivity index (χ1n) is 5.95. The molecule has 4 nitrogen and oxygen atoms in total. The third-order valence-corrected chi connectivity index (χ3v) is 5.60. The van der Waals surface area contributed by atoms with Crippen molar-refractivity contribution in [3.8, 4) is 0 Å². The van der Waals surface area contributed by atoms with Crippen LogP contribution in [-0.2, 0) is 18.1 Å². The van der Waals surface area contributed by atoms with E-state index in [1.807, 2.05) is 0 Å². The Morgan fingerprint density at radius 1 is 0.636 bits per heavy atom. The molecule has 22 heavy (non-hydrogen) atoms. The summed E-state index contributed by atoms with van der Waals surface area (Å²) < 4.78 is 46.0. The van der Waals surface area contributed by atoms with Gasteiger partial charge in [0.2, 0.25) is 0 Å². The highest BCUT2D eigenvalue weighted by Crippen LogP contribution is 2.24. The van der Waals surface area contributed by atoms with Crippen LogP contribution in [0.5, 0.6) is 0 Å². The topological polar surface area (TPSA) is 68.3 Å². The second-order valence-electron chi connectivity index (χ2n) is 4.28. The molecule has 0 heterocycles. The van der Waals surface area contributed by atoms with Crippen molar-refractivity contribution in [1.29, 1.82) is 0 Å². The minimum Gasteiger partial charge on any atom is -0.207 e. The molecule has 0 bridgehead atoms. The zero-order valence-corrected chi connectivity index (χ0v) is 14.1. The van der Waals surface area contributed by atoms with Crippen molar-refractivity contribution in [2.24, 2.45) is 0 Å². The van der Waals surface area contributed by atoms with Crippen LogP contribution in [0, 0.1) is 0 Å². The number of benzene rings is 2. The van der Waals surface area contributed by atoms with E-state index in [1.165, 1.54) is 24.3 Å². The first kappa shape index (κ1) is 17.0. The maximum Gasteiger partial charge on any atom is 0.261 e. The summed E-state index contributed by atoms with van der Waals surface area (Å²) in [6, 6.07) is 12.2. The Morgan fingerprint density at radius 2 is 0.955 bits per heavy atom. The average Bonchev–Trinajstić information content (AvgIpc) is 2.44. The van der Waals surface area contributed by atoms with E-state index >= 15 is 0 Å². The highest BCUT2D eigenvalue weighted by Gasteiger charge is 2.15. The van der Waals surface area contributed by atoms with Crippen molar-refractivity contribution < 1.29 is 16.8 Å². The molecule has 0 aliphatic heterocycles. The lowest BCUT2D eigenvalue weighted by molar-refractivity contribution is 0.607. The summed E-state index contributed by atoms with van der Waals surface area (Å²) in [7, 11) is 2.94. The molecule has 116 valence electrons. The van der Waals surface area contributed by atoms with Gasteiger partial charge in [0.1, 0.15) is 0 Å². The first-order valence-corrected chi connectivity index (χ1v) is 10.6. The van der Waals surface area contributed by atoms with Gasteiger partial charge in [0, 0.05) is 21.4 Å². The van der Waals surface area contributed by atoms with Gasteiger partial charge in [-0.05, 0) is 23.3 Å². The molecule has 0 saturated carbocycles. The third-order valence-electron chi connectivity index (χ3n) is 2.81. The Morgan fingerprint density at radius 3 is 1.27 bits per heavy atom. The molecule has 0 aliphatic carbocycles. The van der Waals surface area contributed by atoms with Crippen molar-refractivity contribution in [3.63, 3.8) is 0 Å². The van der Waals surface area contributed by atoms with Crippen molar-refractivity contribution in [1.82, 2.24) is 0 Å². The Kier molecular flexibility index (Phi) is 4.97. The predicted octanol–water partition coefficient (Wildman–Crippen LogP) is 3.71. The van der Waals surface area contributed by atoms with Gasteiger partial charge >= 0.3 is 0 Å². The minimum absolute atomic E-state index is 0.0564. The molecular formula is C14H10Cl2O4S2. The molecule has 0 aliphatic rings. The SMILES string of the molecule is O=S(=O)(Cl)c1ccccc1C=Cc1ccccc1S(=O)(=O)Cl. The lowest BCUT2D eigenvalue weighted by Crippen LogP contribution is -1.95. The summed E-state index contributed by atoms with van der Waals surface area (Å²) in [6.45, 7) is 0. The van der Waals surface area contributed by atoms with Gasteiger partial charge in [-0.2, -0.15) is 0 Å². The van der Waals surface area contributed by atoms with Crippen LogP contribution in [0.4, 0.5) is 0 Å². The maximum atomic E-state index is 11.5. The average molecular weight is 377 g/mol. The maximum absolute atomic E-state index is 11.5. The van der Waals surface area contributed by atoms with Gasteiger partial charge in [-0.3, -0.25) is 0 Å². The Balaban J connectivity index is 2.53. The lowest BCUT2D eigenvalue weighted by Gasteiger charge is -2.03. The second-order valence-corrected chi connectivity index (χ2v) is 9.35. The van der Waals surface area contributed by atoms with Gasteiger partial charge in [-0.25, -0.2) is 16.8 Å². The Hall–Kier alpha value is -1.34. The smallest absolute Gasteiger partial charge is 0.207 e. The fourth-order valence-electron chi connectivity index (χ4n) is 1.86.